The van der Waals surface area contributed by atoms with E-state index < -0.39 is 5.97 Å². The molecule has 1 aliphatic carbocycles. The molecule has 5 nitrogen and oxygen atoms in total. The van der Waals surface area contributed by atoms with Crippen molar-refractivity contribution in [3.8, 4) is 0 Å². The Hall–Kier alpha value is -2.04. The summed E-state index contributed by atoms with van der Waals surface area (Å²) in [5.74, 6) is -0.574. The maximum absolute atomic E-state index is 12.3. The van der Waals surface area contributed by atoms with E-state index in [0.29, 0.717) is 17.0 Å². The van der Waals surface area contributed by atoms with Crippen molar-refractivity contribution in [2.45, 2.75) is 38.6 Å². The van der Waals surface area contributed by atoms with Crippen LogP contribution in [0.2, 0.25) is 0 Å². The lowest BCUT2D eigenvalue weighted by Gasteiger charge is -2.29. The quantitative estimate of drug-likeness (QED) is 0.884. The first kappa shape index (κ1) is 13.0. The van der Waals surface area contributed by atoms with E-state index in [2.05, 4.69) is 11.9 Å². The van der Waals surface area contributed by atoms with Crippen LogP contribution in [-0.2, 0) is 0 Å². The summed E-state index contributed by atoms with van der Waals surface area (Å²) in [6.45, 7) is 2.16. The van der Waals surface area contributed by atoms with Gasteiger partial charge >= 0.3 is 11.7 Å². The molecule has 106 valence electrons. The maximum Gasteiger partial charge on any atom is 0.337 e. The summed E-state index contributed by atoms with van der Waals surface area (Å²) in [6.07, 6.45) is 4.41. The van der Waals surface area contributed by atoms with Gasteiger partial charge in [-0.15, -0.1) is 0 Å². The minimum absolute atomic E-state index is 0.154. The Morgan fingerprint density at radius 2 is 2.10 bits per heavy atom. The van der Waals surface area contributed by atoms with Crippen LogP contribution >= 0.6 is 0 Å². The number of nitrogens with one attached hydrogen (secondary N) is 1. The van der Waals surface area contributed by atoms with Gasteiger partial charge < -0.3 is 10.1 Å². The van der Waals surface area contributed by atoms with Crippen LogP contribution in [0.4, 0.5) is 0 Å². The molecule has 0 saturated heterocycles. The predicted octanol–water partition coefficient (Wildman–Crippen LogP) is 2.78. The first-order chi connectivity index (χ1) is 9.59. The molecule has 2 N–H and O–H groups in total. The number of aromatic nitrogens is 2. The topological polar surface area (TPSA) is 75.1 Å². The zero-order valence-corrected chi connectivity index (χ0v) is 11.4. The molecule has 3 rings (SSSR count). The molecule has 2 atom stereocenters. The van der Waals surface area contributed by atoms with E-state index in [1.165, 1.54) is 12.5 Å². The van der Waals surface area contributed by atoms with Crippen LogP contribution in [-0.4, -0.2) is 20.6 Å². The van der Waals surface area contributed by atoms with Crippen LogP contribution in [0.5, 0.6) is 0 Å². The number of carboxylic acid groups (broad SMARTS) is 1. The largest absolute Gasteiger partial charge is 0.478 e. The number of hydrogen-bond donors (Lipinski definition) is 2. The average molecular weight is 274 g/mol. The minimum atomic E-state index is -1.01. The summed E-state index contributed by atoms with van der Waals surface area (Å²) in [5.41, 5.74) is 1.09. The Morgan fingerprint density at radius 3 is 2.80 bits per heavy atom. The smallest absolute Gasteiger partial charge is 0.337 e. The number of H-pyrrole nitrogens is 1. The fourth-order valence-electron chi connectivity index (χ4n) is 3.34. The van der Waals surface area contributed by atoms with Crippen molar-refractivity contribution >= 4 is 17.0 Å². The van der Waals surface area contributed by atoms with Crippen molar-refractivity contribution in [2.24, 2.45) is 5.92 Å². The molecule has 0 amide bonds. The molecule has 0 radical (unpaired) electrons. The second kappa shape index (κ2) is 4.81. The van der Waals surface area contributed by atoms with Gasteiger partial charge in [0.1, 0.15) is 0 Å². The van der Waals surface area contributed by atoms with E-state index in [1.54, 1.807) is 10.6 Å². The van der Waals surface area contributed by atoms with Gasteiger partial charge in [0.15, 0.2) is 0 Å². The molecule has 1 heterocycles. The SMILES string of the molecule is CC1CCCCC1n1c(=O)[nH]c2c(C(=O)O)cccc21. The molecular weight excluding hydrogens is 256 g/mol. The number of aromatic amines is 1. The van der Waals surface area contributed by atoms with Crippen LogP contribution in [0.3, 0.4) is 0 Å². The van der Waals surface area contributed by atoms with Gasteiger partial charge in [-0.25, -0.2) is 9.59 Å². The number of nitrogens with zero attached hydrogens (tertiary/aromatic N) is 1. The second-order valence-corrected chi connectivity index (χ2v) is 5.63. The predicted molar refractivity (Wildman–Crippen MR) is 76.2 cm³/mol. The van der Waals surface area contributed by atoms with Gasteiger partial charge in [0, 0.05) is 6.04 Å². The van der Waals surface area contributed by atoms with Crippen LogP contribution in [0.1, 0.15) is 49.0 Å². The van der Waals surface area contributed by atoms with Crippen molar-refractivity contribution in [1.29, 1.82) is 0 Å². The highest BCUT2D eigenvalue weighted by molar-refractivity contribution is 6.00. The third-order valence-corrected chi connectivity index (χ3v) is 4.38. The Labute approximate surface area is 116 Å². The summed E-state index contributed by atoms with van der Waals surface area (Å²) in [6, 6.07) is 5.20. The second-order valence-electron chi connectivity index (χ2n) is 5.63. The van der Waals surface area contributed by atoms with Crippen molar-refractivity contribution in [3.63, 3.8) is 0 Å². The Morgan fingerprint density at radius 1 is 1.35 bits per heavy atom. The van der Waals surface area contributed by atoms with Crippen molar-refractivity contribution in [2.75, 3.05) is 0 Å². The summed E-state index contributed by atoms with van der Waals surface area (Å²) in [7, 11) is 0. The fourth-order valence-corrected chi connectivity index (χ4v) is 3.34. The van der Waals surface area contributed by atoms with E-state index in [-0.39, 0.29) is 17.3 Å². The van der Waals surface area contributed by atoms with E-state index in [0.717, 1.165) is 19.3 Å². The summed E-state index contributed by atoms with van der Waals surface area (Å²) < 4.78 is 1.76. The number of fused-ring (bicyclic) bond motifs is 1. The summed E-state index contributed by atoms with van der Waals surface area (Å²) in [5, 5.41) is 9.21. The van der Waals surface area contributed by atoms with Gasteiger partial charge in [-0.05, 0) is 30.9 Å². The fraction of sp³-hybridized carbons (Fsp3) is 0.467. The minimum Gasteiger partial charge on any atom is -0.478 e. The zero-order chi connectivity index (χ0) is 14.3. The lowest BCUT2D eigenvalue weighted by atomic mass is 9.85. The molecule has 20 heavy (non-hydrogen) atoms. The summed E-state index contributed by atoms with van der Waals surface area (Å²) >= 11 is 0. The van der Waals surface area contributed by atoms with Gasteiger partial charge in [-0.1, -0.05) is 25.8 Å². The molecule has 2 aromatic rings. The Bertz CT molecular complexity index is 713. The molecule has 2 unspecified atom stereocenters. The van der Waals surface area contributed by atoms with Crippen LogP contribution in [0.25, 0.3) is 11.0 Å². The highest BCUT2D eigenvalue weighted by Crippen LogP contribution is 2.34. The number of rotatable bonds is 2. The Kier molecular flexibility index (Phi) is 3.12. The molecule has 1 saturated carbocycles. The molecule has 0 spiro atoms. The zero-order valence-electron chi connectivity index (χ0n) is 11.4. The average Bonchev–Trinajstić information content (AvgIpc) is 2.75. The molecule has 1 aliphatic rings. The van der Waals surface area contributed by atoms with E-state index in [1.807, 2.05) is 6.07 Å². The highest BCUT2D eigenvalue weighted by Gasteiger charge is 2.26. The van der Waals surface area contributed by atoms with Gasteiger partial charge in [0.2, 0.25) is 0 Å². The molecule has 1 fully saturated rings. The molecule has 1 aromatic heterocycles. The molecule has 0 aliphatic heterocycles. The lowest BCUT2D eigenvalue weighted by Crippen LogP contribution is -2.28. The van der Waals surface area contributed by atoms with Crippen molar-refractivity contribution in [3.05, 3.63) is 34.2 Å². The Balaban J connectivity index is 2.21. The number of imidazole rings is 1. The molecular formula is C15H18N2O3. The molecule has 1 aromatic carbocycles. The van der Waals surface area contributed by atoms with Gasteiger partial charge in [0.05, 0.1) is 16.6 Å². The third kappa shape index (κ3) is 1.94. The number of hydrogen-bond acceptors (Lipinski definition) is 2. The summed E-state index contributed by atoms with van der Waals surface area (Å²) in [4.78, 5) is 26.2. The monoisotopic (exact) mass is 274 g/mol. The first-order valence-electron chi connectivity index (χ1n) is 7.06. The van der Waals surface area contributed by atoms with E-state index >= 15 is 0 Å². The number of benzene rings is 1. The van der Waals surface area contributed by atoms with Crippen LogP contribution in [0.15, 0.2) is 23.0 Å². The van der Waals surface area contributed by atoms with Gasteiger partial charge in [-0.3, -0.25) is 4.57 Å². The standard InChI is InChI=1S/C15H18N2O3/c1-9-5-2-3-7-11(9)17-12-8-4-6-10(14(18)19)13(12)16-15(17)20/h4,6,8-9,11H,2-3,5,7H2,1H3,(H,16,20)(H,18,19). The maximum atomic E-state index is 12.3. The van der Waals surface area contributed by atoms with Crippen molar-refractivity contribution < 1.29 is 9.90 Å². The van der Waals surface area contributed by atoms with E-state index in [9.17, 15) is 14.7 Å². The highest BCUT2D eigenvalue weighted by atomic mass is 16.4. The van der Waals surface area contributed by atoms with E-state index in [4.69, 9.17) is 0 Å². The van der Waals surface area contributed by atoms with Gasteiger partial charge in [-0.2, -0.15) is 0 Å². The molecule has 0 bridgehead atoms. The number of aromatic carboxylic acids is 1. The van der Waals surface area contributed by atoms with Gasteiger partial charge in [0.25, 0.3) is 0 Å². The number of carboxylic acids is 1. The number of para-hydroxylation sites is 1. The van der Waals surface area contributed by atoms with Crippen molar-refractivity contribution in [1.82, 2.24) is 9.55 Å². The first-order valence-corrected chi connectivity index (χ1v) is 7.06. The van der Waals surface area contributed by atoms with Crippen LogP contribution < -0.4 is 5.69 Å². The lowest BCUT2D eigenvalue weighted by molar-refractivity contribution is 0.0699. The number of carbonyl (C=O) groups is 1. The normalized spacial score (nSPS) is 23.1. The molecule has 5 heteroatoms. The third-order valence-electron chi connectivity index (χ3n) is 4.38. The van der Waals surface area contributed by atoms with Crippen LogP contribution in [0, 0.1) is 5.92 Å².